The third kappa shape index (κ3) is 3.31. The summed E-state index contributed by atoms with van der Waals surface area (Å²) in [5.74, 6) is 0. The van der Waals surface area contributed by atoms with Crippen molar-refractivity contribution in [1.29, 1.82) is 0 Å². The molecule has 0 amide bonds. The molecule has 0 bridgehead atoms. The third-order valence-electron chi connectivity index (χ3n) is 2.48. The maximum absolute atomic E-state index is 4.80. The van der Waals surface area contributed by atoms with Gasteiger partial charge in [0.15, 0.2) is 0 Å². The summed E-state index contributed by atoms with van der Waals surface area (Å²) in [7, 11) is 0. The summed E-state index contributed by atoms with van der Waals surface area (Å²) in [6.45, 7) is 0. The number of pyridine rings is 1. The molecular formula is C14H11BrN2S. The SMILES string of the molecule is S=CC=NC(c1ccncc1)c1cccc(Br)c1. The van der Waals surface area contributed by atoms with Crippen molar-refractivity contribution in [3.05, 3.63) is 64.4 Å². The molecule has 0 N–H and O–H groups in total. The fourth-order valence-electron chi connectivity index (χ4n) is 1.71. The van der Waals surface area contributed by atoms with E-state index in [9.17, 15) is 0 Å². The molecular weight excluding hydrogens is 308 g/mol. The average Bonchev–Trinajstić information content (AvgIpc) is 2.40. The maximum Gasteiger partial charge on any atom is 0.100 e. The second-order valence-electron chi connectivity index (χ2n) is 3.67. The molecule has 0 radical (unpaired) electrons. The van der Waals surface area contributed by atoms with Gasteiger partial charge in [0.2, 0.25) is 0 Å². The van der Waals surface area contributed by atoms with E-state index in [4.69, 9.17) is 12.2 Å². The molecule has 90 valence electrons. The Morgan fingerprint density at radius 3 is 2.61 bits per heavy atom. The predicted octanol–water partition coefficient (Wildman–Crippen LogP) is 4.00. The maximum atomic E-state index is 4.80. The molecule has 4 heteroatoms. The van der Waals surface area contributed by atoms with Gasteiger partial charge in [-0.3, -0.25) is 9.98 Å². The highest BCUT2D eigenvalue weighted by Crippen LogP contribution is 2.27. The lowest BCUT2D eigenvalue weighted by Gasteiger charge is -2.13. The van der Waals surface area contributed by atoms with Crippen LogP contribution in [0.2, 0.25) is 0 Å². The molecule has 0 spiro atoms. The Morgan fingerprint density at radius 2 is 1.94 bits per heavy atom. The Morgan fingerprint density at radius 1 is 1.17 bits per heavy atom. The molecule has 2 rings (SSSR count). The molecule has 0 saturated heterocycles. The van der Waals surface area contributed by atoms with Crippen LogP contribution in [0, 0.1) is 0 Å². The Kier molecular flexibility index (Phi) is 4.73. The van der Waals surface area contributed by atoms with Gasteiger partial charge in [-0.1, -0.05) is 40.3 Å². The molecule has 0 fully saturated rings. The van der Waals surface area contributed by atoms with Crippen LogP contribution in [-0.2, 0) is 0 Å². The molecule has 0 aliphatic rings. The summed E-state index contributed by atoms with van der Waals surface area (Å²) in [5.41, 5.74) is 2.21. The van der Waals surface area contributed by atoms with Gasteiger partial charge in [-0.15, -0.1) is 0 Å². The number of hydrogen-bond acceptors (Lipinski definition) is 3. The first-order chi connectivity index (χ1) is 8.81. The van der Waals surface area contributed by atoms with E-state index in [-0.39, 0.29) is 6.04 Å². The van der Waals surface area contributed by atoms with Crippen molar-refractivity contribution in [2.75, 3.05) is 0 Å². The van der Waals surface area contributed by atoms with Gasteiger partial charge >= 0.3 is 0 Å². The molecule has 1 heterocycles. The lowest BCUT2D eigenvalue weighted by Crippen LogP contribution is -1.99. The number of halogens is 1. The molecule has 2 nitrogen and oxygen atoms in total. The molecule has 1 unspecified atom stereocenters. The quantitative estimate of drug-likeness (QED) is 0.628. The van der Waals surface area contributed by atoms with E-state index in [0.717, 1.165) is 15.6 Å². The second kappa shape index (κ2) is 6.52. The number of rotatable bonds is 4. The zero-order chi connectivity index (χ0) is 12.8. The van der Waals surface area contributed by atoms with Crippen molar-refractivity contribution in [3.8, 4) is 0 Å². The largest absolute Gasteiger partial charge is 0.279 e. The number of aliphatic imine (C=N–C) groups is 1. The highest BCUT2D eigenvalue weighted by atomic mass is 79.9. The standard InChI is InChI=1S/C14H11BrN2S/c15-13-3-1-2-12(10-13)14(17-8-9-18)11-4-6-16-7-5-11/h1-10,14H. The molecule has 0 aliphatic heterocycles. The Hall–Kier alpha value is -1.39. The van der Waals surface area contributed by atoms with Gasteiger partial charge in [-0.2, -0.15) is 0 Å². The average molecular weight is 319 g/mol. The van der Waals surface area contributed by atoms with Crippen LogP contribution in [0.3, 0.4) is 0 Å². The van der Waals surface area contributed by atoms with Crippen molar-refractivity contribution in [2.24, 2.45) is 4.99 Å². The van der Waals surface area contributed by atoms with E-state index in [0.29, 0.717) is 0 Å². The number of benzene rings is 1. The number of hydrogen-bond donors (Lipinski definition) is 0. The Labute approximate surface area is 120 Å². The first-order valence-corrected chi connectivity index (χ1v) is 6.70. The highest BCUT2D eigenvalue weighted by molar-refractivity contribution is 9.10. The molecule has 0 aliphatic carbocycles. The summed E-state index contributed by atoms with van der Waals surface area (Å²) >= 11 is 8.28. The van der Waals surface area contributed by atoms with Gasteiger partial charge < -0.3 is 0 Å². The van der Waals surface area contributed by atoms with E-state index in [2.05, 4.69) is 38.0 Å². The van der Waals surface area contributed by atoms with Crippen molar-refractivity contribution >= 4 is 39.7 Å². The van der Waals surface area contributed by atoms with Gasteiger partial charge in [0, 0.05) is 28.4 Å². The Bertz CT molecular complexity index is 555. The van der Waals surface area contributed by atoms with E-state index in [1.54, 1.807) is 18.6 Å². The van der Waals surface area contributed by atoms with Crippen LogP contribution in [0.4, 0.5) is 0 Å². The topological polar surface area (TPSA) is 25.2 Å². The fraction of sp³-hybridized carbons (Fsp3) is 0.0714. The van der Waals surface area contributed by atoms with Crippen LogP contribution in [0.25, 0.3) is 0 Å². The smallest absolute Gasteiger partial charge is 0.100 e. The molecule has 1 atom stereocenters. The summed E-state index contributed by atoms with van der Waals surface area (Å²) in [4.78, 5) is 8.52. The minimum absolute atomic E-state index is 0.0512. The predicted molar refractivity (Wildman–Crippen MR) is 82.4 cm³/mol. The summed E-state index contributed by atoms with van der Waals surface area (Å²) in [5, 5.41) is 1.52. The first kappa shape index (κ1) is 13.1. The van der Waals surface area contributed by atoms with Crippen molar-refractivity contribution in [3.63, 3.8) is 0 Å². The first-order valence-electron chi connectivity index (χ1n) is 5.43. The Balaban J connectivity index is 2.43. The summed E-state index contributed by atoms with van der Waals surface area (Å²) in [6.07, 6.45) is 5.20. The van der Waals surface area contributed by atoms with Crippen molar-refractivity contribution < 1.29 is 0 Å². The van der Waals surface area contributed by atoms with Crippen LogP contribution >= 0.6 is 28.1 Å². The van der Waals surface area contributed by atoms with Gasteiger partial charge in [-0.05, 0) is 35.4 Å². The van der Waals surface area contributed by atoms with E-state index in [1.165, 1.54) is 5.37 Å². The molecule has 1 aromatic carbocycles. The zero-order valence-electron chi connectivity index (χ0n) is 9.53. The van der Waals surface area contributed by atoms with Crippen molar-refractivity contribution in [2.45, 2.75) is 6.04 Å². The molecule has 0 saturated carbocycles. The van der Waals surface area contributed by atoms with Gasteiger partial charge in [0.1, 0.15) is 6.04 Å². The van der Waals surface area contributed by atoms with Gasteiger partial charge in [0.25, 0.3) is 0 Å². The monoisotopic (exact) mass is 318 g/mol. The van der Waals surface area contributed by atoms with Gasteiger partial charge in [-0.25, -0.2) is 0 Å². The van der Waals surface area contributed by atoms with Crippen LogP contribution in [-0.4, -0.2) is 16.6 Å². The van der Waals surface area contributed by atoms with E-state index < -0.39 is 0 Å². The minimum Gasteiger partial charge on any atom is -0.279 e. The van der Waals surface area contributed by atoms with E-state index in [1.807, 2.05) is 24.3 Å². The summed E-state index contributed by atoms with van der Waals surface area (Å²) in [6, 6.07) is 12.0. The third-order valence-corrected chi connectivity index (χ3v) is 3.10. The van der Waals surface area contributed by atoms with Crippen LogP contribution in [0.15, 0.2) is 58.3 Å². The normalized spacial score (nSPS) is 12.5. The highest BCUT2D eigenvalue weighted by Gasteiger charge is 2.11. The summed E-state index contributed by atoms with van der Waals surface area (Å²) < 4.78 is 1.04. The second-order valence-corrected chi connectivity index (χ2v) is 4.86. The lowest BCUT2D eigenvalue weighted by molar-refractivity contribution is 0.875. The van der Waals surface area contributed by atoms with Gasteiger partial charge in [0.05, 0.1) is 0 Å². The van der Waals surface area contributed by atoms with E-state index >= 15 is 0 Å². The number of nitrogens with zero attached hydrogens (tertiary/aromatic N) is 2. The van der Waals surface area contributed by atoms with Crippen molar-refractivity contribution in [1.82, 2.24) is 4.98 Å². The van der Waals surface area contributed by atoms with Crippen LogP contribution < -0.4 is 0 Å². The molecule has 18 heavy (non-hydrogen) atoms. The van der Waals surface area contributed by atoms with Crippen LogP contribution in [0.5, 0.6) is 0 Å². The zero-order valence-corrected chi connectivity index (χ0v) is 11.9. The fourth-order valence-corrected chi connectivity index (χ4v) is 2.20. The lowest BCUT2D eigenvalue weighted by atomic mass is 10.0. The van der Waals surface area contributed by atoms with Crippen LogP contribution in [0.1, 0.15) is 17.2 Å². The number of thiocarbonyl (C=S) groups is 1. The molecule has 1 aromatic heterocycles. The number of aromatic nitrogens is 1. The minimum atomic E-state index is -0.0512. The molecule has 2 aromatic rings.